The van der Waals surface area contributed by atoms with Crippen molar-refractivity contribution in [1.29, 1.82) is 0 Å². The van der Waals surface area contributed by atoms with Gasteiger partial charge in [0.2, 0.25) is 11.8 Å². The Labute approximate surface area is 242 Å². The van der Waals surface area contributed by atoms with Gasteiger partial charge >= 0.3 is 0 Å². The lowest BCUT2D eigenvalue weighted by molar-refractivity contribution is -0.129. The molecular weight excluding hydrogens is 518 g/mol. The fraction of sp³-hybridized carbons (Fsp3) is 0.594. The van der Waals surface area contributed by atoms with Crippen LogP contribution >= 0.6 is 0 Å². The number of anilines is 1. The summed E-state index contributed by atoms with van der Waals surface area (Å²) in [5.41, 5.74) is 3.27. The molecule has 2 aromatic rings. The van der Waals surface area contributed by atoms with Crippen LogP contribution in [-0.4, -0.2) is 93.6 Å². The van der Waals surface area contributed by atoms with E-state index in [1.165, 1.54) is 11.1 Å². The maximum absolute atomic E-state index is 13.8. The number of fused-ring (bicyclic) bond motifs is 1. The van der Waals surface area contributed by atoms with Gasteiger partial charge in [0, 0.05) is 69.9 Å². The minimum atomic E-state index is -0.599. The normalized spacial score (nSPS) is 24.2. The molecule has 220 valence electrons. The predicted molar refractivity (Wildman–Crippen MR) is 157 cm³/mol. The minimum Gasteiger partial charge on any atom is -0.474 e. The quantitative estimate of drug-likeness (QED) is 0.558. The topological polar surface area (TPSA) is 98.2 Å². The summed E-state index contributed by atoms with van der Waals surface area (Å²) in [6.07, 6.45) is 7.25. The molecule has 6 rings (SSSR count). The van der Waals surface area contributed by atoms with Crippen LogP contribution in [0.5, 0.6) is 5.88 Å². The standard InChI is InChI=1S/C32H43N5O4/c1-22(38)35-15-11-26(12-16-35)33-30-18-25(19-31(34-30)41-27-8-4-5-9-27)32(40)37-17-13-28(29(39)21-37)36-14-10-23-6-2-3-7-24(23)20-36/h2-3,6-7,18-19,26-29,39H,4-5,8-17,20-21H2,1H3,(H,33,34)/t28-,29-/m1/s1. The van der Waals surface area contributed by atoms with E-state index in [0.717, 1.165) is 64.5 Å². The number of nitrogens with zero attached hydrogens (tertiary/aromatic N) is 4. The number of aliphatic hydroxyl groups excluding tert-OH is 1. The van der Waals surface area contributed by atoms with E-state index >= 15 is 0 Å². The smallest absolute Gasteiger partial charge is 0.254 e. The molecular formula is C32H43N5O4. The molecule has 1 aromatic heterocycles. The first kappa shape index (κ1) is 28.0. The molecule has 2 amide bonds. The fourth-order valence-corrected chi connectivity index (χ4v) is 7.00. The van der Waals surface area contributed by atoms with Gasteiger partial charge in [0.15, 0.2) is 0 Å². The van der Waals surface area contributed by atoms with Gasteiger partial charge in [-0.1, -0.05) is 24.3 Å². The van der Waals surface area contributed by atoms with Gasteiger partial charge in [-0.15, -0.1) is 0 Å². The predicted octanol–water partition coefficient (Wildman–Crippen LogP) is 3.46. The summed E-state index contributed by atoms with van der Waals surface area (Å²) in [6.45, 7) is 5.74. The van der Waals surface area contributed by atoms with E-state index in [1.807, 2.05) is 11.0 Å². The number of pyridine rings is 1. The Balaban J connectivity index is 1.13. The van der Waals surface area contributed by atoms with Gasteiger partial charge in [-0.3, -0.25) is 14.5 Å². The molecule has 4 aliphatic rings. The van der Waals surface area contributed by atoms with Crippen molar-refractivity contribution in [3.8, 4) is 5.88 Å². The maximum atomic E-state index is 13.8. The van der Waals surface area contributed by atoms with Gasteiger partial charge < -0.3 is 25.0 Å². The SMILES string of the molecule is CC(=O)N1CCC(Nc2cc(C(=O)N3CC[C@@H](N4CCc5ccccc5C4)[C@H](O)C3)cc(OC3CCCC3)n2)CC1. The van der Waals surface area contributed by atoms with Gasteiger partial charge in [-0.25, -0.2) is 0 Å². The van der Waals surface area contributed by atoms with Crippen LogP contribution in [-0.2, 0) is 17.8 Å². The number of nitrogens with one attached hydrogen (secondary N) is 1. The van der Waals surface area contributed by atoms with E-state index in [1.54, 1.807) is 17.9 Å². The zero-order valence-electron chi connectivity index (χ0n) is 24.1. The third kappa shape index (κ3) is 6.51. The summed E-state index contributed by atoms with van der Waals surface area (Å²) in [7, 11) is 0. The number of carbonyl (C=O) groups excluding carboxylic acids is 2. The minimum absolute atomic E-state index is 0.0456. The molecule has 41 heavy (non-hydrogen) atoms. The molecule has 0 unspecified atom stereocenters. The zero-order chi connectivity index (χ0) is 28.3. The van der Waals surface area contributed by atoms with E-state index in [9.17, 15) is 14.7 Å². The van der Waals surface area contributed by atoms with E-state index in [2.05, 4.69) is 34.5 Å². The number of ether oxygens (including phenoxy) is 1. The molecule has 1 saturated carbocycles. The molecule has 0 bridgehead atoms. The van der Waals surface area contributed by atoms with Gasteiger partial charge in [-0.2, -0.15) is 4.98 Å². The van der Waals surface area contributed by atoms with Crippen molar-refractivity contribution in [2.24, 2.45) is 0 Å². The van der Waals surface area contributed by atoms with Crippen molar-refractivity contribution in [3.05, 3.63) is 53.1 Å². The lowest BCUT2D eigenvalue weighted by atomic mass is 9.94. The molecule has 3 aliphatic heterocycles. The number of rotatable bonds is 6. The van der Waals surface area contributed by atoms with E-state index in [0.29, 0.717) is 43.4 Å². The van der Waals surface area contributed by atoms with Crippen molar-refractivity contribution < 1.29 is 19.4 Å². The second-order valence-electron chi connectivity index (χ2n) is 12.2. The average molecular weight is 562 g/mol. The monoisotopic (exact) mass is 561 g/mol. The van der Waals surface area contributed by atoms with E-state index < -0.39 is 6.10 Å². The number of aliphatic hydroxyl groups is 1. The molecule has 0 spiro atoms. The molecule has 2 atom stereocenters. The molecule has 2 saturated heterocycles. The summed E-state index contributed by atoms with van der Waals surface area (Å²) in [6, 6.07) is 12.4. The van der Waals surface area contributed by atoms with Crippen LogP contribution in [0, 0.1) is 0 Å². The Hall–Kier alpha value is -3.17. The summed E-state index contributed by atoms with van der Waals surface area (Å²) in [4.78, 5) is 36.3. The Morgan fingerprint density at radius 3 is 2.41 bits per heavy atom. The maximum Gasteiger partial charge on any atom is 0.254 e. The summed E-state index contributed by atoms with van der Waals surface area (Å²) in [5, 5.41) is 14.7. The van der Waals surface area contributed by atoms with Crippen LogP contribution in [0.2, 0.25) is 0 Å². The second-order valence-corrected chi connectivity index (χ2v) is 12.2. The third-order valence-corrected chi connectivity index (χ3v) is 9.39. The van der Waals surface area contributed by atoms with Crippen molar-refractivity contribution in [3.63, 3.8) is 0 Å². The lowest BCUT2D eigenvalue weighted by Gasteiger charge is -2.43. The first-order valence-electron chi connectivity index (χ1n) is 15.4. The van der Waals surface area contributed by atoms with Crippen LogP contribution < -0.4 is 10.1 Å². The molecule has 3 fully saturated rings. The Morgan fingerprint density at radius 2 is 1.68 bits per heavy atom. The highest BCUT2D eigenvalue weighted by Gasteiger charge is 2.36. The molecule has 9 heteroatoms. The first-order valence-corrected chi connectivity index (χ1v) is 15.4. The van der Waals surface area contributed by atoms with Crippen molar-refractivity contribution in [2.75, 3.05) is 38.0 Å². The van der Waals surface area contributed by atoms with E-state index in [-0.39, 0.29) is 30.0 Å². The summed E-state index contributed by atoms with van der Waals surface area (Å²) >= 11 is 0. The molecule has 9 nitrogen and oxygen atoms in total. The fourth-order valence-electron chi connectivity index (χ4n) is 7.00. The number of aromatic nitrogens is 1. The van der Waals surface area contributed by atoms with Gasteiger partial charge in [0.05, 0.1) is 6.10 Å². The third-order valence-electron chi connectivity index (χ3n) is 9.39. The van der Waals surface area contributed by atoms with Crippen LogP contribution in [0.1, 0.15) is 73.4 Å². The van der Waals surface area contributed by atoms with Crippen LogP contribution in [0.4, 0.5) is 5.82 Å². The van der Waals surface area contributed by atoms with Gasteiger partial charge in [0.25, 0.3) is 5.91 Å². The Morgan fingerprint density at radius 1 is 0.951 bits per heavy atom. The number of piperidine rings is 2. The van der Waals surface area contributed by atoms with Crippen molar-refractivity contribution in [2.45, 2.75) is 89.1 Å². The number of carbonyl (C=O) groups is 2. The summed E-state index contributed by atoms with van der Waals surface area (Å²) < 4.78 is 6.25. The highest BCUT2D eigenvalue weighted by Crippen LogP contribution is 2.29. The molecule has 2 N–H and O–H groups in total. The highest BCUT2D eigenvalue weighted by atomic mass is 16.5. The Kier molecular flexibility index (Phi) is 8.44. The molecule has 1 aliphatic carbocycles. The molecule has 0 radical (unpaired) electrons. The van der Waals surface area contributed by atoms with Crippen LogP contribution in [0.15, 0.2) is 36.4 Å². The number of hydrogen-bond acceptors (Lipinski definition) is 7. The zero-order valence-corrected chi connectivity index (χ0v) is 24.1. The average Bonchev–Trinajstić information content (AvgIpc) is 3.49. The second kappa shape index (κ2) is 12.4. The highest BCUT2D eigenvalue weighted by molar-refractivity contribution is 5.95. The number of likely N-dealkylation sites (tertiary alicyclic amines) is 2. The van der Waals surface area contributed by atoms with Gasteiger partial charge in [0.1, 0.15) is 11.9 Å². The lowest BCUT2D eigenvalue weighted by Crippen LogP contribution is -2.56. The van der Waals surface area contributed by atoms with Crippen LogP contribution in [0.3, 0.4) is 0 Å². The Bertz CT molecular complexity index is 1240. The number of hydrogen-bond donors (Lipinski definition) is 2. The largest absolute Gasteiger partial charge is 0.474 e. The van der Waals surface area contributed by atoms with Crippen LogP contribution in [0.25, 0.3) is 0 Å². The molecule has 4 heterocycles. The van der Waals surface area contributed by atoms with Crippen molar-refractivity contribution in [1.82, 2.24) is 19.7 Å². The van der Waals surface area contributed by atoms with Gasteiger partial charge in [-0.05, 0) is 68.6 Å². The molecule has 1 aromatic carbocycles. The number of β-amino-alcohol motifs (C(OH)–C–C–N with tert-alkyl or cyclic N) is 1. The first-order chi connectivity index (χ1) is 19.9. The number of amides is 2. The van der Waals surface area contributed by atoms with Crippen molar-refractivity contribution >= 4 is 17.6 Å². The van der Waals surface area contributed by atoms with E-state index in [4.69, 9.17) is 9.72 Å². The summed E-state index contributed by atoms with van der Waals surface area (Å²) in [5.74, 6) is 1.12. The number of benzene rings is 1.